The molecule has 0 spiro atoms. The molecule has 4 aromatic rings. The summed E-state index contributed by atoms with van der Waals surface area (Å²) in [7, 11) is 0. The van der Waals surface area contributed by atoms with E-state index in [-0.39, 0.29) is 0 Å². The van der Waals surface area contributed by atoms with Gasteiger partial charge >= 0.3 is 0 Å². The van der Waals surface area contributed by atoms with E-state index in [9.17, 15) is 0 Å². The zero-order valence-electron chi connectivity index (χ0n) is 19.3. The molecule has 0 N–H and O–H groups in total. The molecule has 33 heavy (non-hydrogen) atoms. The van der Waals surface area contributed by atoms with Crippen LogP contribution in [-0.4, -0.2) is 9.97 Å². The third-order valence-electron chi connectivity index (χ3n) is 7.75. The predicted molar refractivity (Wildman–Crippen MR) is 135 cm³/mol. The lowest BCUT2D eigenvalue weighted by Gasteiger charge is -2.36. The third kappa shape index (κ3) is 3.99. The van der Waals surface area contributed by atoms with Crippen molar-refractivity contribution < 1.29 is 0 Å². The van der Waals surface area contributed by atoms with Crippen molar-refractivity contribution in [1.29, 1.82) is 0 Å². The molecule has 2 atom stereocenters. The van der Waals surface area contributed by atoms with Crippen LogP contribution in [-0.2, 0) is 19.3 Å². The average Bonchev–Trinajstić information content (AvgIpc) is 2.88. The van der Waals surface area contributed by atoms with Crippen LogP contribution in [0.15, 0.2) is 79.3 Å². The Kier molecular flexibility index (Phi) is 5.30. The maximum absolute atomic E-state index is 4.70. The van der Waals surface area contributed by atoms with E-state index in [1.807, 2.05) is 24.7 Å². The van der Waals surface area contributed by atoms with E-state index in [1.165, 1.54) is 71.9 Å². The van der Waals surface area contributed by atoms with Crippen molar-refractivity contribution in [3.8, 4) is 22.4 Å². The first-order valence-corrected chi connectivity index (χ1v) is 12.3. The van der Waals surface area contributed by atoms with Crippen molar-refractivity contribution >= 4 is 0 Å². The van der Waals surface area contributed by atoms with E-state index < -0.39 is 0 Å². The Bertz CT molecular complexity index is 1270. The van der Waals surface area contributed by atoms with Crippen LogP contribution in [0.5, 0.6) is 0 Å². The lowest BCUT2D eigenvalue weighted by atomic mass is 9.69. The fourth-order valence-corrected chi connectivity index (χ4v) is 5.97. The van der Waals surface area contributed by atoms with Crippen LogP contribution >= 0.6 is 0 Å². The minimum atomic E-state index is 0.648. The Morgan fingerprint density at radius 3 is 2.52 bits per heavy atom. The summed E-state index contributed by atoms with van der Waals surface area (Å²) in [6.45, 7) is 2.10. The number of aromatic nitrogens is 2. The minimum Gasteiger partial charge on any atom is -0.264 e. The third-order valence-corrected chi connectivity index (χ3v) is 7.75. The Morgan fingerprint density at radius 2 is 1.67 bits per heavy atom. The van der Waals surface area contributed by atoms with Gasteiger partial charge in [-0.2, -0.15) is 0 Å². The Hall–Kier alpha value is -3.26. The van der Waals surface area contributed by atoms with Crippen molar-refractivity contribution in [3.63, 3.8) is 0 Å². The highest BCUT2D eigenvalue weighted by Gasteiger charge is 2.31. The topological polar surface area (TPSA) is 25.8 Å². The van der Waals surface area contributed by atoms with Crippen molar-refractivity contribution in [3.05, 3.63) is 107 Å². The smallest absolute Gasteiger partial charge is 0.0702 e. The molecule has 2 unspecified atom stereocenters. The quantitative estimate of drug-likeness (QED) is 0.340. The number of rotatable bonds is 3. The van der Waals surface area contributed by atoms with E-state index in [4.69, 9.17) is 4.98 Å². The van der Waals surface area contributed by atoms with Crippen LogP contribution in [0.4, 0.5) is 0 Å². The summed E-state index contributed by atoms with van der Waals surface area (Å²) in [5, 5.41) is 0. The van der Waals surface area contributed by atoms with Gasteiger partial charge in [-0.25, -0.2) is 0 Å². The highest BCUT2D eigenvalue weighted by Crippen LogP contribution is 2.44. The number of pyridine rings is 2. The summed E-state index contributed by atoms with van der Waals surface area (Å²) < 4.78 is 0. The fourth-order valence-electron chi connectivity index (χ4n) is 5.97. The van der Waals surface area contributed by atoms with E-state index in [2.05, 4.69) is 66.5 Å². The molecule has 2 aromatic heterocycles. The van der Waals surface area contributed by atoms with Gasteiger partial charge in [0.1, 0.15) is 0 Å². The summed E-state index contributed by atoms with van der Waals surface area (Å²) in [5.74, 6) is 1.36. The molecule has 0 radical (unpaired) electrons. The van der Waals surface area contributed by atoms with E-state index in [1.54, 1.807) is 11.1 Å². The molecule has 2 aliphatic rings. The number of benzene rings is 2. The van der Waals surface area contributed by atoms with Gasteiger partial charge in [0.25, 0.3) is 0 Å². The zero-order chi connectivity index (χ0) is 22.2. The molecule has 0 bridgehead atoms. The highest BCUT2D eigenvalue weighted by molar-refractivity contribution is 5.64. The molecule has 2 nitrogen and oxygen atoms in total. The average molecular weight is 431 g/mol. The van der Waals surface area contributed by atoms with Gasteiger partial charge in [-0.3, -0.25) is 9.97 Å². The van der Waals surface area contributed by atoms with E-state index >= 15 is 0 Å². The molecule has 2 aliphatic carbocycles. The molecular weight excluding hydrogens is 400 g/mol. The van der Waals surface area contributed by atoms with Crippen LogP contribution in [0, 0.1) is 12.8 Å². The van der Waals surface area contributed by atoms with Crippen molar-refractivity contribution in [2.24, 2.45) is 5.92 Å². The van der Waals surface area contributed by atoms with Crippen molar-refractivity contribution in [2.75, 3.05) is 0 Å². The summed E-state index contributed by atoms with van der Waals surface area (Å²) >= 11 is 0. The molecule has 2 aromatic carbocycles. The predicted octanol–water partition coefficient (Wildman–Crippen LogP) is 7.34. The minimum absolute atomic E-state index is 0.648. The van der Waals surface area contributed by atoms with Gasteiger partial charge in [0.05, 0.1) is 5.69 Å². The summed E-state index contributed by atoms with van der Waals surface area (Å²) in [6.07, 6.45) is 13.3. The largest absolute Gasteiger partial charge is 0.264 e. The second-order valence-electron chi connectivity index (χ2n) is 9.86. The molecule has 0 amide bonds. The molecule has 0 fully saturated rings. The first-order valence-electron chi connectivity index (χ1n) is 12.3. The van der Waals surface area contributed by atoms with E-state index in [0.717, 1.165) is 5.69 Å². The standard InChI is InChI=1S/C31H30N2/c1-21-7-14-31(33-19-21)26-13-10-23-4-2-6-29(30(23)18-26)25-12-9-22-8-11-24(16-28(22)17-25)27-5-3-15-32-20-27/h3,5,7-8,10-11,13-16,18-20,25,29H,2,4,6,9,12,17H2,1H3. The Labute approximate surface area is 196 Å². The van der Waals surface area contributed by atoms with Crippen LogP contribution in [0.3, 0.4) is 0 Å². The molecule has 0 aliphatic heterocycles. The molecule has 164 valence electrons. The van der Waals surface area contributed by atoms with Gasteiger partial charge in [-0.05, 0) is 114 Å². The lowest BCUT2D eigenvalue weighted by Crippen LogP contribution is -2.24. The lowest BCUT2D eigenvalue weighted by molar-refractivity contribution is 0.342. The van der Waals surface area contributed by atoms with Crippen LogP contribution in [0.1, 0.15) is 53.0 Å². The van der Waals surface area contributed by atoms with Crippen molar-refractivity contribution in [2.45, 2.75) is 51.4 Å². The maximum atomic E-state index is 4.70. The number of nitrogens with zero attached hydrogens (tertiary/aromatic N) is 2. The summed E-state index contributed by atoms with van der Waals surface area (Å²) in [4.78, 5) is 9.02. The summed E-state index contributed by atoms with van der Waals surface area (Å²) in [6, 6.07) is 22.7. The SMILES string of the molecule is Cc1ccc(-c2ccc3c(c2)C(C2CCc4ccc(-c5cccnc5)cc4C2)CCC3)nc1. The molecule has 0 saturated heterocycles. The van der Waals surface area contributed by atoms with Gasteiger partial charge in [0.2, 0.25) is 0 Å². The van der Waals surface area contributed by atoms with Crippen LogP contribution in [0.25, 0.3) is 22.4 Å². The van der Waals surface area contributed by atoms with Gasteiger partial charge in [0, 0.05) is 24.2 Å². The molecule has 6 rings (SSSR count). The van der Waals surface area contributed by atoms with Crippen LogP contribution in [0.2, 0.25) is 0 Å². The van der Waals surface area contributed by atoms with E-state index in [0.29, 0.717) is 11.8 Å². The normalized spacial score (nSPS) is 19.5. The van der Waals surface area contributed by atoms with Gasteiger partial charge in [0.15, 0.2) is 0 Å². The number of aryl methyl sites for hydroxylation is 3. The Balaban J connectivity index is 1.31. The zero-order valence-corrected chi connectivity index (χ0v) is 19.3. The molecular formula is C31H30N2. The summed E-state index contributed by atoms with van der Waals surface area (Å²) in [5.41, 5.74) is 12.3. The molecule has 2 heteroatoms. The number of hydrogen-bond donors (Lipinski definition) is 0. The van der Waals surface area contributed by atoms with Crippen LogP contribution < -0.4 is 0 Å². The second kappa shape index (κ2) is 8.59. The first kappa shape index (κ1) is 20.4. The van der Waals surface area contributed by atoms with Gasteiger partial charge < -0.3 is 0 Å². The molecule has 0 saturated carbocycles. The fraction of sp³-hybridized carbons (Fsp3) is 0.290. The number of fused-ring (bicyclic) bond motifs is 2. The maximum Gasteiger partial charge on any atom is 0.0702 e. The number of hydrogen-bond acceptors (Lipinski definition) is 2. The first-order chi connectivity index (χ1) is 16.2. The van der Waals surface area contributed by atoms with Crippen molar-refractivity contribution in [1.82, 2.24) is 9.97 Å². The van der Waals surface area contributed by atoms with Gasteiger partial charge in [-0.15, -0.1) is 0 Å². The Morgan fingerprint density at radius 1 is 0.758 bits per heavy atom. The molecule has 2 heterocycles. The highest BCUT2D eigenvalue weighted by atomic mass is 14.7. The second-order valence-corrected chi connectivity index (χ2v) is 9.86. The monoisotopic (exact) mass is 430 g/mol. The van der Waals surface area contributed by atoms with Gasteiger partial charge in [-0.1, -0.05) is 42.5 Å².